The van der Waals surface area contributed by atoms with Crippen LogP contribution in [0.1, 0.15) is 64.2 Å². The molecule has 3 nitrogen and oxygen atoms in total. The van der Waals surface area contributed by atoms with E-state index in [0.29, 0.717) is 11.7 Å². The third-order valence-corrected chi connectivity index (χ3v) is 4.01. The number of hydrogen-bond acceptors (Lipinski definition) is 3. The summed E-state index contributed by atoms with van der Waals surface area (Å²) in [5.74, 6) is 2.37. The Balaban J connectivity index is 2.38. The topological polar surface area (TPSA) is 52.0 Å². The Morgan fingerprint density at radius 3 is 2.53 bits per heavy atom. The van der Waals surface area contributed by atoms with Crippen LogP contribution in [0.15, 0.2) is 4.52 Å². The molecule has 1 aliphatic rings. The molecule has 0 aromatic carbocycles. The Morgan fingerprint density at radius 1 is 1.35 bits per heavy atom. The molecule has 1 aliphatic carbocycles. The predicted molar refractivity (Wildman–Crippen MR) is 69.9 cm³/mol. The lowest BCUT2D eigenvalue weighted by atomic mass is 9.75. The van der Waals surface area contributed by atoms with Crippen molar-refractivity contribution in [2.24, 2.45) is 5.92 Å². The highest BCUT2D eigenvalue weighted by Crippen LogP contribution is 2.47. The van der Waals surface area contributed by atoms with Crippen LogP contribution in [0.4, 0.5) is 5.82 Å². The van der Waals surface area contributed by atoms with Crippen LogP contribution in [0.2, 0.25) is 0 Å². The fraction of sp³-hybridized carbons (Fsp3) is 0.786. The van der Waals surface area contributed by atoms with Crippen molar-refractivity contribution in [2.75, 3.05) is 5.73 Å². The maximum absolute atomic E-state index is 5.90. The van der Waals surface area contributed by atoms with E-state index in [4.69, 9.17) is 10.3 Å². The fourth-order valence-electron chi connectivity index (χ4n) is 3.44. The predicted octanol–water partition coefficient (Wildman–Crippen LogP) is 3.68. The van der Waals surface area contributed by atoms with E-state index in [0.717, 1.165) is 17.7 Å². The fourth-order valence-corrected chi connectivity index (χ4v) is 3.44. The van der Waals surface area contributed by atoms with Crippen molar-refractivity contribution in [3.05, 3.63) is 11.3 Å². The quantitative estimate of drug-likeness (QED) is 0.867. The second kappa shape index (κ2) is 4.71. The largest absolute Gasteiger partial charge is 0.381 e. The molecule has 1 aromatic rings. The number of aromatic nitrogens is 1. The number of nitrogen functional groups attached to an aromatic ring is 1. The summed E-state index contributed by atoms with van der Waals surface area (Å²) in [6.07, 6.45) is 7.17. The van der Waals surface area contributed by atoms with Crippen molar-refractivity contribution in [2.45, 2.75) is 64.7 Å². The van der Waals surface area contributed by atoms with E-state index in [1.165, 1.54) is 32.1 Å². The van der Waals surface area contributed by atoms with Crippen molar-refractivity contribution >= 4 is 5.82 Å². The minimum Gasteiger partial charge on any atom is -0.381 e. The Morgan fingerprint density at radius 2 is 2.00 bits per heavy atom. The summed E-state index contributed by atoms with van der Waals surface area (Å²) in [6, 6.07) is 0. The molecule has 2 N–H and O–H groups in total. The first kappa shape index (κ1) is 12.5. The minimum atomic E-state index is 0.212. The first-order valence-electron chi connectivity index (χ1n) is 6.83. The van der Waals surface area contributed by atoms with Gasteiger partial charge in [-0.3, -0.25) is 0 Å². The van der Waals surface area contributed by atoms with Gasteiger partial charge in [0.2, 0.25) is 0 Å². The monoisotopic (exact) mass is 236 g/mol. The van der Waals surface area contributed by atoms with Gasteiger partial charge in [-0.25, -0.2) is 0 Å². The second-order valence-electron chi connectivity index (χ2n) is 5.81. The van der Waals surface area contributed by atoms with E-state index in [1.54, 1.807) is 0 Å². The van der Waals surface area contributed by atoms with Crippen LogP contribution in [0.5, 0.6) is 0 Å². The maximum Gasteiger partial charge on any atom is 0.170 e. The summed E-state index contributed by atoms with van der Waals surface area (Å²) in [4.78, 5) is 0. The highest BCUT2D eigenvalue weighted by molar-refractivity contribution is 5.43. The molecule has 0 spiro atoms. The average molecular weight is 236 g/mol. The third kappa shape index (κ3) is 2.20. The molecule has 2 rings (SSSR count). The summed E-state index contributed by atoms with van der Waals surface area (Å²) in [7, 11) is 0. The van der Waals surface area contributed by atoms with Gasteiger partial charge >= 0.3 is 0 Å². The van der Waals surface area contributed by atoms with Gasteiger partial charge in [-0.15, -0.1) is 0 Å². The van der Waals surface area contributed by atoms with Crippen LogP contribution in [-0.4, -0.2) is 5.16 Å². The number of hydrogen-bond donors (Lipinski definition) is 1. The molecule has 0 saturated heterocycles. The van der Waals surface area contributed by atoms with Gasteiger partial charge in [-0.1, -0.05) is 38.8 Å². The lowest BCUT2D eigenvalue weighted by Crippen LogP contribution is -2.25. The molecule has 0 amide bonds. The number of anilines is 1. The second-order valence-corrected chi connectivity index (χ2v) is 5.81. The Hall–Kier alpha value is -0.990. The molecule has 0 radical (unpaired) electrons. The molecule has 1 aromatic heterocycles. The molecule has 0 bridgehead atoms. The van der Waals surface area contributed by atoms with Crippen molar-refractivity contribution in [1.82, 2.24) is 5.16 Å². The molecule has 0 aliphatic heterocycles. The van der Waals surface area contributed by atoms with Gasteiger partial charge in [0.05, 0.1) is 0 Å². The van der Waals surface area contributed by atoms with E-state index in [-0.39, 0.29) is 5.41 Å². The van der Waals surface area contributed by atoms with Crippen LogP contribution >= 0.6 is 0 Å². The van der Waals surface area contributed by atoms with Gasteiger partial charge < -0.3 is 10.3 Å². The lowest BCUT2D eigenvalue weighted by molar-refractivity contribution is 0.251. The van der Waals surface area contributed by atoms with E-state index < -0.39 is 0 Å². The van der Waals surface area contributed by atoms with Crippen LogP contribution in [0.3, 0.4) is 0 Å². The highest BCUT2D eigenvalue weighted by atomic mass is 16.5. The third-order valence-electron chi connectivity index (χ3n) is 4.01. The molecule has 96 valence electrons. The van der Waals surface area contributed by atoms with Crippen molar-refractivity contribution < 1.29 is 4.52 Å². The normalized spacial score (nSPS) is 19.1. The zero-order chi connectivity index (χ0) is 12.5. The van der Waals surface area contributed by atoms with Gasteiger partial charge in [-0.05, 0) is 31.6 Å². The minimum absolute atomic E-state index is 0.212. The standard InChI is InChI=1S/C14H24N2O/c1-4-11-12(17-16-13(11)15)14(9-10(2)3)7-5-6-8-14/h10H,4-9H2,1-3H3,(H2,15,16). The summed E-state index contributed by atoms with van der Waals surface area (Å²) < 4.78 is 5.60. The zero-order valence-electron chi connectivity index (χ0n) is 11.3. The number of nitrogens with zero attached hydrogens (tertiary/aromatic N) is 1. The van der Waals surface area contributed by atoms with Crippen LogP contribution < -0.4 is 5.73 Å². The first-order valence-corrected chi connectivity index (χ1v) is 6.83. The van der Waals surface area contributed by atoms with Gasteiger partial charge in [0, 0.05) is 11.0 Å². The number of rotatable bonds is 4. The van der Waals surface area contributed by atoms with Crippen LogP contribution in [0.25, 0.3) is 0 Å². The maximum atomic E-state index is 5.90. The summed E-state index contributed by atoms with van der Waals surface area (Å²) in [6.45, 7) is 6.70. The van der Waals surface area contributed by atoms with Crippen LogP contribution in [-0.2, 0) is 11.8 Å². The zero-order valence-corrected chi connectivity index (χ0v) is 11.3. The Labute approximate surface area is 104 Å². The van der Waals surface area contributed by atoms with Crippen molar-refractivity contribution in [1.29, 1.82) is 0 Å². The summed E-state index contributed by atoms with van der Waals surface area (Å²) in [5, 5.41) is 3.99. The Bertz CT molecular complexity index is 376. The molecular weight excluding hydrogens is 212 g/mol. The van der Waals surface area contributed by atoms with Crippen molar-refractivity contribution in [3.63, 3.8) is 0 Å². The summed E-state index contributed by atoms with van der Waals surface area (Å²) in [5.41, 5.74) is 7.26. The molecule has 0 unspecified atom stereocenters. The first-order chi connectivity index (χ1) is 8.09. The lowest BCUT2D eigenvalue weighted by Gasteiger charge is -2.29. The Kier molecular flexibility index (Phi) is 3.45. The molecule has 17 heavy (non-hydrogen) atoms. The van der Waals surface area contributed by atoms with Crippen molar-refractivity contribution in [3.8, 4) is 0 Å². The van der Waals surface area contributed by atoms with E-state index in [2.05, 4.69) is 25.9 Å². The van der Waals surface area contributed by atoms with Gasteiger partial charge in [0.1, 0.15) is 5.76 Å². The van der Waals surface area contributed by atoms with Crippen LogP contribution in [0, 0.1) is 5.92 Å². The van der Waals surface area contributed by atoms with Gasteiger partial charge in [0.25, 0.3) is 0 Å². The molecule has 3 heteroatoms. The highest BCUT2D eigenvalue weighted by Gasteiger charge is 2.41. The molecule has 0 atom stereocenters. The van der Waals surface area contributed by atoms with E-state index in [1.807, 2.05) is 0 Å². The van der Waals surface area contributed by atoms with Gasteiger partial charge in [0.15, 0.2) is 5.82 Å². The average Bonchev–Trinajstić information content (AvgIpc) is 2.84. The molecule has 1 saturated carbocycles. The molecular formula is C14H24N2O. The van der Waals surface area contributed by atoms with Gasteiger partial charge in [-0.2, -0.15) is 0 Å². The molecule has 1 fully saturated rings. The van der Waals surface area contributed by atoms with E-state index in [9.17, 15) is 0 Å². The molecule has 1 heterocycles. The number of nitrogens with two attached hydrogens (primary N) is 1. The summed E-state index contributed by atoms with van der Waals surface area (Å²) >= 11 is 0. The van der Waals surface area contributed by atoms with E-state index >= 15 is 0 Å². The smallest absolute Gasteiger partial charge is 0.170 e. The SMILES string of the molecule is CCc1c(N)noc1C1(CC(C)C)CCCC1.